The Labute approximate surface area is 146 Å². The van der Waals surface area contributed by atoms with Crippen molar-refractivity contribution in [3.05, 3.63) is 64.8 Å². The van der Waals surface area contributed by atoms with Crippen LogP contribution < -0.4 is 11.1 Å². The summed E-state index contributed by atoms with van der Waals surface area (Å²) in [5.74, 6) is -0.148. The van der Waals surface area contributed by atoms with Gasteiger partial charge in [-0.15, -0.1) is 5.10 Å². The van der Waals surface area contributed by atoms with E-state index >= 15 is 0 Å². The van der Waals surface area contributed by atoms with Gasteiger partial charge in [-0.05, 0) is 55.2 Å². The van der Waals surface area contributed by atoms with Crippen LogP contribution in [0.15, 0.2) is 42.5 Å². The van der Waals surface area contributed by atoms with Crippen LogP contribution in [0, 0.1) is 13.8 Å². The molecule has 128 valence electrons. The normalized spacial score (nSPS) is 10.7. The van der Waals surface area contributed by atoms with E-state index in [4.69, 9.17) is 5.73 Å². The van der Waals surface area contributed by atoms with Gasteiger partial charge in [-0.1, -0.05) is 36.4 Å². The number of nitrogens with one attached hydrogen (secondary N) is 1. The molecule has 3 N–H and O–H groups in total. The van der Waals surface area contributed by atoms with Gasteiger partial charge in [-0.2, -0.15) is 4.68 Å². The third kappa shape index (κ3) is 3.38. The summed E-state index contributed by atoms with van der Waals surface area (Å²) in [7, 11) is 0. The number of aryl methyl sites for hydroxylation is 3. The molecule has 0 aliphatic heterocycles. The predicted octanol–water partition coefficient (Wildman–Crippen LogP) is 3.28. The zero-order chi connectivity index (χ0) is 18.0. The Morgan fingerprint density at radius 2 is 1.84 bits per heavy atom. The van der Waals surface area contributed by atoms with Gasteiger partial charge in [0.05, 0.1) is 5.69 Å². The molecule has 0 atom stereocenters. The van der Waals surface area contributed by atoms with Crippen molar-refractivity contribution >= 4 is 17.4 Å². The molecule has 3 rings (SSSR count). The van der Waals surface area contributed by atoms with Gasteiger partial charge in [0, 0.05) is 5.69 Å². The number of hydrogen-bond acceptors (Lipinski definition) is 4. The molecule has 1 amide bonds. The van der Waals surface area contributed by atoms with E-state index in [9.17, 15) is 4.79 Å². The van der Waals surface area contributed by atoms with Crippen molar-refractivity contribution in [1.82, 2.24) is 15.0 Å². The summed E-state index contributed by atoms with van der Waals surface area (Å²) in [5, 5.41) is 10.9. The molecule has 0 unspecified atom stereocenters. The van der Waals surface area contributed by atoms with Crippen LogP contribution in [0.25, 0.3) is 5.69 Å². The van der Waals surface area contributed by atoms with Crippen molar-refractivity contribution < 1.29 is 4.79 Å². The topological polar surface area (TPSA) is 85.8 Å². The van der Waals surface area contributed by atoms with E-state index in [1.807, 2.05) is 57.2 Å². The largest absolute Gasteiger partial charge is 0.382 e. The number of nitrogens with zero attached hydrogens (tertiary/aromatic N) is 3. The number of carbonyl (C=O) groups is 1. The van der Waals surface area contributed by atoms with Gasteiger partial charge >= 0.3 is 0 Å². The number of rotatable bonds is 4. The van der Waals surface area contributed by atoms with Crippen LogP contribution >= 0.6 is 0 Å². The summed E-state index contributed by atoms with van der Waals surface area (Å²) >= 11 is 0. The smallest absolute Gasteiger partial charge is 0.280 e. The molecule has 0 bridgehead atoms. The van der Waals surface area contributed by atoms with Crippen molar-refractivity contribution in [2.75, 3.05) is 11.1 Å². The fourth-order valence-corrected chi connectivity index (χ4v) is 2.85. The van der Waals surface area contributed by atoms with E-state index in [0.717, 1.165) is 34.5 Å². The van der Waals surface area contributed by atoms with E-state index in [1.165, 1.54) is 4.68 Å². The summed E-state index contributed by atoms with van der Waals surface area (Å²) in [6.45, 7) is 6.04. The third-order valence-electron chi connectivity index (χ3n) is 4.02. The average molecular weight is 335 g/mol. The Bertz CT molecular complexity index is 909. The SMILES string of the molecule is CCc1ccccc1NC(=O)c1nnn(-c2cc(C)cc(C)c2)c1N. The Kier molecular flexibility index (Phi) is 4.52. The van der Waals surface area contributed by atoms with E-state index < -0.39 is 0 Å². The van der Waals surface area contributed by atoms with Crippen molar-refractivity contribution in [1.29, 1.82) is 0 Å². The highest BCUT2D eigenvalue weighted by Gasteiger charge is 2.19. The lowest BCUT2D eigenvalue weighted by Gasteiger charge is -2.09. The molecule has 6 heteroatoms. The number of hydrogen-bond donors (Lipinski definition) is 2. The number of nitrogens with two attached hydrogens (primary N) is 1. The minimum Gasteiger partial charge on any atom is -0.382 e. The fourth-order valence-electron chi connectivity index (χ4n) is 2.85. The molecule has 0 aliphatic carbocycles. The maximum atomic E-state index is 12.6. The number of nitrogen functional groups attached to an aromatic ring is 1. The van der Waals surface area contributed by atoms with Crippen LogP contribution in [-0.2, 0) is 6.42 Å². The number of benzene rings is 2. The van der Waals surface area contributed by atoms with Gasteiger partial charge in [0.2, 0.25) is 0 Å². The van der Waals surface area contributed by atoms with E-state index in [2.05, 4.69) is 21.7 Å². The minimum atomic E-state index is -0.367. The Balaban J connectivity index is 1.91. The zero-order valence-corrected chi connectivity index (χ0v) is 14.6. The van der Waals surface area contributed by atoms with E-state index in [-0.39, 0.29) is 17.4 Å². The molecule has 1 heterocycles. The van der Waals surface area contributed by atoms with Crippen LogP contribution in [0.4, 0.5) is 11.5 Å². The number of anilines is 2. The van der Waals surface area contributed by atoms with Gasteiger partial charge in [-0.3, -0.25) is 4.79 Å². The first-order valence-corrected chi connectivity index (χ1v) is 8.18. The molecule has 0 saturated carbocycles. The third-order valence-corrected chi connectivity index (χ3v) is 4.02. The lowest BCUT2D eigenvalue weighted by molar-refractivity contribution is 0.102. The van der Waals surface area contributed by atoms with Gasteiger partial charge in [0.15, 0.2) is 11.5 Å². The lowest BCUT2D eigenvalue weighted by atomic mass is 10.1. The van der Waals surface area contributed by atoms with Crippen molar-refractivity contribution in [3.63, 3.8) is 0 Å². The summed E-state index contributed by atoms with van der Waals surface area (Å²) in [5.41, 5.74) is 11.0. The average Bonchev–Trinajstić information content (AvgIpc) is 2.96. The molecule has 0 aliphatic rings. The molecule has 0 saturated heterocycles. The Morgan fingerprint density at radius 1 is 1.16 bits per heavy atom. The summed E-state index contributed by atoms with van der Waals surface area (Å²) in [6.07, 6.45) is 0.821. The van der Waals surface area contributed by atoms with Gasteiger partial charge in [0.25, 0.3) is 5.91 Å². The second-order valence-corrected chi connectivity index (χ2v) is 6.05. The van der Waals surface area contributed by atoms with Crippen LogP contribution in [0.1, 0.15) is 34.1 Å². The number of para-hydroxylation sites is 1. The van der Waals surface area contributed by atoms with E-state index in [0.29, 0.717) is 0 Å². The highest BCUT2D eigenvalue weighted by atomic mass is 16.2. The molecular formula is C19H21N5O. The Morgan fingerprint density at radius 3 is 2.52 bits per heavy atom. The summed E-state index contributed by atoms with van der Waals surface area (Å²) in [6, 6.07) is 13.6. The first-order valence-electron chi connectivity index (χ1n) is 8.18. The van der Waals surface area contributed by atoms with Crippen molar-refractivity contribution in [3.8, 4) is 5.69 Å². The lowest BCUT2D eigenvalue weighted by Crippen LogP contribution is -2.16. The molecule has 0 radical (unpaired) electrons. The zero-order valence-electron chi connectivity index (χ0n) is 14.6. The standard InChI is InChI=1S/C19H21N5O/c1-4-14-7-5-6-8-16(14)21-19(25)17-18(20)24(23-22-17)15-10-12(2)9-13(3)11-15/h5-11H,4,20H2,1-3H3,(H,21,25). The molecule has 3 aromatic rings. The number of aromatic nitrogens is 3. The highest BCUT2D eigenvalue weighted by Crippen LogP contribution is 2.20. The molecule has 0 fully saturated rings. The van der Waals surface area contributed by atoms with E-state index in [1.54, 1.807) is 0 Å². The second-order valence-electron chi connectivity index (χ2n) is 6.05. The molecule has 1 aromatic heterocycles. The molecule has 2 aromatic carbocycles. The fraction of sp³-hybridized carbons (Fsp3) is 0.211. The van der Waals surface area contributed by atoms with Crippen LogP contribution in [0.5, 0.6) is 0 Å². The summed E-state index contributed by atoms with van der Waals surface area (Å²) in [4.78, 5) is 12.6. The van der Waals surface area contributed by atoms with Gasteiger partial charge < -0.3 is 11.1 Å². The van der Waals surface area contributed by atoms with Crippen LogP contribution in [-0.4, -0.2) is 20.9 Å². The van der Waals surface area contributed by atoms with Crippen molar-refractivity contribution in [2.45, 2.75) is 27.2 Å². The molecule has 25 heavy (non-hydrogen) atoms. The first kappa shape index (κ1) is 16.7. The van der Waals surface area contributed by atoms with Crippen LogP contribution in [0.2, 0.25) is 0 Å². The molecule has 6 nitrogen and oxygen atoms in total. The summed E-state index contributed by atoms with van der Waals surface area (Å²) < 4.78 is 1.49. The minimum absolute atomic E-state index is 0.116. The maximum absolute atomic E-state index is 12.6. The number of carbonyl (C=O) groups excluding carboxylic acids is 1. The Hall–Kier alpha value is -3.15. The van der Waals surface area contributed by atoms with Gasteiger partial charge in [0.1, 0.15) is 0 Å². The maximum Gasteiger partial charge on any atom is 0.280 e. The van der Waals surface area contributed by atoms with Crippen LogP contribution in [0.3, 0.4) is 0 Å². The van der Waals surface area contributed by atoms with Crippen molar-refractivity contribution in [2.24, 2.45) is 0 Å². The molecule has 0 spiro atoms. The quantitative estimate of drug-likeness (QED) is 0.766. The first-order chi connectivity index (χ1) is 12.0. The molecular weight excluding hydrogens is 314 g/mol. The second kappa shape index (κ2) is 6.76. The monoisotopic (exact) mass is 335 g/mol. The number of amides is 1. The van der Waals surface area contributed by atoms with Gasteiger partial charge in [-0.25, -0.2) is 0 Å². The predicted molar refractivity (Wildman–Crippen MR) is 99.0 cm³/mol. The highest BCUT2D eigenvalue weighted by molar-refractivity contribution is 6.06.